The van der Waals surface area contributed by atoms with Gasteiger partial charge >= 0.3 is 0 Å². The van der Waals surface area contributed by atoms with Crippen LogP contribution in [0.1, 0.15) is 25.1 Å². The van der Waals surface area contributed by atoms with E-state index in [1.165, 1.54) is 0 Å². The summed E-state index contributed by atoms with van der Waals surface area (Å²) in [5.74, 6) is 1.01. The molecule has 4 nitrogen and oxygen atoms in total. The molecule has 1 fully saturated rings. The molecule has 0 aliphatic carbocycles. The molecule has 0 spiro atoms. The zero-order valence-electron chi connectivity index (χ0n) is 11.4. The number of imidazole rings is 1. The molecule has 2 heterocycles. The number of aliphatic hydroxyl groups excluding tert-OH is 1. The Balaban J connectivity index is 1.95. The second-order valence-electron chi connectivity index (χ2n) is 5.23. The van der Waals surface area contributed by atoms with E-state index in [4.69, 9.17) is 21.4 Å². The average molecular weight is 295 g/mol. The first-order chi connectivity index (χ1) is 9.78. The minimum atomic E-state index is 0.184. The zero-order valence-corrected chi connectivity index (χ0v) is 12.1. The van der Waals surface area contributed by atoms with Crippen molar-refractivity contribution < 1.29 is 9.84 Å². The molecular weight excluding hydrogens is 276 g/mol. The maximum Gasteiger partial charge on any atom is 0.110 e. The maximum absolute atomic E-state index is 9.04. The van der Waals surface area contributed by atoms with Crippen molar-refractivity contribution >= 4 is 22.6 Å². The Labute approximate surface area is 123 Å². The van der Waals surface area contributed by atoms with E-state index in [1.807, 2.05) is 18.2 Å². The summed E-state index contributed by atoms with van der Waals surface area (Å²) in [5.41, 5.74) is 2.02. The molecule has 0 amide bonds. The van der Waals surface area contributed by atoms with E-state index in [1.54, 1.807) is 0 Å². The summed E-state index contributed by atoms with van der Waals surface area (Å²) in [6.45, 7) is 1.87. The Morgan fingerprint density at radius 1 is 1.45 bits per heavy atom. The smallest absolute Gasteiger partial charge is 0.110 e. The fourth-order valence-electron chi connectivity index (χ4n) is 2.78. The van der Waals surface area contributed by atoms with Gasteiger partial charge in [0.2, 0.25) is 0 Å². The first kappa shape index (κ1) is 13.9. The van der Waals surface area contributed by atoms with Crippen LogP contribution in [0.4, 0.5) is 0 Å². The lowest BCUT2D eigenvalue weighted by molar-refractivity contribution is 0.0971. The van der Waals surface area contributed by atoms with Crippen LogP contribution >= 0.6 is 11.6 Å². The highest BCUT2D eigenvalue weighted by Crippen LogP contribution is 2.24. The molecule has 0 bridgehead atoms. The van der Waals surface area contributed by atoms with Crippen molar-refractivity contribution in [3.63, 3.8) is 0 Å². The highest BCUT2D eigenvalue weighted by molar-refractivity contribution is 6.31. The van der Waals surface area contributed by atoms with Crippen LogP contribution in [-0.4, -0.2) is 34.0 Å². The highest BCUT2D eigenvalue weighted by atomic mass is 35.5. The van der Waals surface area contributed by atoms with E-state index in [-0.39, 0.29) is 12.7 Å². The second-order valence-corrected chi connectivity index (χ2v) is 5.67. The van der Waals surface area contributed by atoms with Gasteiger partial charge in [0.25, 0.3) is 0 Å². The Kier molecular flexibility index (Phi) is 4.24. The molecule has 1 atom stereocenters. The third-order valence-electron chi connectivity index (χ3n) is 3.76. The number of ether oxygens (including phenoxy) is 1. The molecule has 20 heavy (non-hydrogen) atoms. The number of fused-ring (bicyclic) bond motifs is 1. The van der Waals surface area contributed by atoms with Crippen molar-refractivity contribution in [2.24, 2.45) is 0 Å². The van der Waals surface area contributed by atoms with Crippen LogP contribution in [0.2, 0.25) is 5.02 Å². The normalized spacial score (nSPS) is 19.0. The van der Waals surface area contributed by atoms with Crippen LogP contribution in [0.3, 0.4) is 0 Å². The number of nitrogens with zero attached hydrogens (tertiary/aromatic N) is 2. The number of halogens is 1. The van der Waals surface area contributed by atoms with Gasteiger partial charge < -0.3 is 14.4 Å². The molecule has 1 N–H and O–H groups in total. The standard InChI is InChI=1S/C15H19ClN2O2/c16-11-5-6-14-13(9-11)17-15(4-1-7-19)18(14)10-12-3-2-8-20-12/h5-6,9,12,19H,1-4,7-8,10H2. The molecule has 1 unspecified atom stereocenters. The molecule has 2 aromatic rings. The molecule has 108 valence electrons. The summed E-state index contributed by atoms with van der Waals surface area (Å²) in [6.07, 6.45) is 4.01. The maximum atomic E-state index is 9.04. The van der Waals surface area contributed by atoms with Crippen molar-refractivity contribution in [3.8, 4) is 0 Å². The van der Waals surface area contributed by atoms with Gasteiger partial charge in [-0.25, -0.2) is 4.98 Å². The number of hydrogen-bond donors (Lipinski definition) is 1. The van der Waals surface area contributed by atoms with Gasteiger partial charge in [-0.15, -0.1) is 0 Å². The van der Waals surface area contributed by atoms with Gasteiger partial charge in [0.05, 0.1) is 23.7 Å². The lowest BCUT2D eigenvalue weighted by atomic mass is 10.2. The van der Waals surface area contributed by atoms with E-state index >= 15 is 0 Å². The van der Waals surface area contributed by atoms with Gasteiger partial charge in [-0.2, -0.15) is 0 Å². The number of benzene rings is 1. The summed E-state index contributed by atoms with van der Waals surface area (Å²) >= 11 is 6.04. The lowest BCUT2D eigenvalue weighted by Gasteiger charge is -2.14. The monoisotopic (exact) mass is 294 g/mol. The molecule has 1 aromatic carbocycles. The molecule has 0 radical (unpaired) electrons. The van der Waals surface area contributed by atoms with Crippen LogP contribution in [-0.2, 0) is 17.7 Å². The van der Waals surface area contributed by atoms with Crippen LogP contribution < -0.4 is 0 Å². The zero-order chi connectivity index (χ0) is 13.9. The van der Waals surface area contributed by atoms with E-state index < -0.39 is 0 Å². The number of rotatable bonds is 5. The SMILES string of the molecule is OCCCc1nc2cc(Cl)ccc2n1CC1CCCO1. The van der Waals surface area contributed by atoms with Crippen LogP contribution in [0.5, 0.6) is 0 Å². The summed E-state index contributed by atoms with van der Waals surface area (Å²) in [7, 11) is 0. The van der Waals surface area contributed by atoms with E-state index in [0.717, 1.165) is 55.7 Å². The summed E-state index contributed by atoms with van der Waals surface area (Å²) < 4.78 is 7.95. The Hall–Kier alpha value is -1.10. The molecule has 1 aliphatic heterocycles. The second kappa shape index (κ2) is 6.12. The Morgan fingerprint density at radius 2 is 2.35 bits per heavy atom. The molecular formula is C15H19ClN2O2. The fourth-order valence-corrected chi connectivity index (χ4v) is 2.94. The molecule has 5 heteroatoms. The van der Waals surface area contributed by atoms with Gasteiger partial charge in [-0.05, 0) is 37.5 Å². The number of aromatic nitrogens is 2. The minimum Gasteiger partial charge on any atom is -0.396 e. The lowest BCUT2D eigenvalue weighted by Crippen LogP contribution is -2.17. The number of aliphatic hydroxyl groups is 1. The van der Waals surface area contributed by atoms with Gasteiger partial charge in [0.15, 0.2) is 0 Å². The average Bonchev–Trinajstić information content (AvgIpc) is 3.05. The molecule has 1 aliphatic rings. The third kappa shape index (κ3) is 2.82. The minimum absolute atomic E-state index is 0.184. The van der Waals surface area contributed by atoms with Gasteiger partial charge in [0, 0.05) is 24.7 Å². The van der Waals surface area contributed by atoms with Crippen molar-refractivity contribution in [3.05, 3.63) is 29.0 Å². The molecule has 1 aromatic heterocycles. The quantitative estimate of drug-likeness (QED) is 0.922. The van der Waals surface area contributed by atoms with Crippen molar-refractivity contribution in [1.82, 2.24) is 9.55 Å². The van der Waals surface area contributed by atoms with E-state index in [9.17, 15) is 0 Å². The summed E-state index contributed by atoms with van der Waals surface area (Å²) in [6, 6.07) is 5.81. The molecule has 3 rings (SSSR count). The van der Waals surface area contributed by atoms with Gasteiger partial charge in [-0.3, -0.25) is 0 Å². The van der Waals surface area contributed by atoms with E-state index in [2.05, 4.69) is 9.55 Å². The van der Waals surface area contributed by atoms with Crippen LogP contribution in [0.25, 0.3) is 11.0 Å². The van der Waals surface area contributed by atoms with Crippen LogP contribution in [0, 0.1) is 0 Å². The van der Waals surface area contributed by atoms with Crippen molar-refractivity contribution in [2.45, 2.75) is 38.3 Å². The van der Waals surface area contributed by atoms with E-state index in [0.29, 0.717) is 5.02 Å². The predicted molar refractivity (Wildman–Crippen MR) is 79.1 cm³/mol. The fraction of sp³-hybridized carbons (Fsp3) is 0.533. The summed E-state index contributed by atoms with van der Waals surface area (Å²) in [5, 5.41) is 9.74. The Morgan fingerprint density at radius 3 is 3.10 bits per heavy atom. The highest BCUT2D eigenvalue weighted by Gasteiger charge is 2.19. The van der Waals surface area contributed by atoms with Crippen LogP contribution in [0.15, 0.2) is 18.2 Å². The van der Waals surface area contributed by atoms with Gasteiger partial charge in [-0.1, -0.05) is 11.6 Å². The number of aryl methyl sites for hydroxylation is 1. The molecule has 1 saturated heterocycles. The number of hydrogen-bond acceptors (Lipinski definition) is 3. The first-order valence-corrected chi connectivity index (χ1v) is 7.53. The van der Waals surface area contributed by atoms with Crippen molar-refractivity contribution in [2.75, 3.05) is 13.2 Å². The largest absolute Gasteiger partial charge is 0.396 e. The first-order valence-electron chi connectivity index (χ1n) is 7.15. The Bertz CT molecular complexity index is 591. The third-order valence-corrected chi connectivity index (χ3v) is 3.99. The van der Waals surface area contributed by atoms with Gasteiger partial charge in [0.1, 0.15) is 5.82 Å². The topological polar surface area (TPSA) is 47.3 Å². The predicted octanol–water partition coefficient (Wildman–Crippen LogP) is 2.79. The van der Waals surface area contributed by atoms with Crippen molar-refractivity contribution in [1.29, 1.82) is 0 Å². The summed E-state index contributed by atoms with van der Waals surface area (Å²) in [4.78, 5) is 4.66. The molecule has 0 saturated carbocycles.